The van der Waals surface area contributed by atoms with Gasteiger partial charge in [-0.25, -0.2) is 0 Å². The first kappa shape index (κ1) is 14.3. The van der Waals surface area contributed by atoms with Gasteiger partial charge >= 0.3 is 5.97 Å². The number of rotatable bonds is 4. The summed E-state index contributed by atoms with van der Waals surface area (Å²) in [7, 11) is 1.63. The monoisotopic (exact) mass is 299 g/mol. The summed E-state index contributed by atoms with van der Waals surface area (Å²) in [6, 6.07) is 7.86. The van der Waals surface area contributed by atoms with Crippen LogP contribution in [0.2, 0.25) is 0 Å². The molecule has 0 saturated heterocycles. The second kappa shape index (κ2) is 5.63. The Morgan fingerprint density at radius 1 is 1.27 bits per heavy atom. The maximum absolute atomic E-state index is 11.7. The zero-order valence-corrected chi connectivity index (χ0v) is 12.8. The van der Waals surface area contributed by atoms with Gasteiger partial charge in [0.25, 0.3) is 0 Å². The standard InChI is InChI=1S/C16H17N3O3/c1-4-22-15(20)9-14-17-18-16-13-8-12(21-3)6-5-11(13)7-10(2)19(14)16/h5-8H,4,9H2,1-3H3. The van der Waals surface area contributed by atoms with Gasteiger partial charge in [-0.05, 0) is 37.4 Å². The van der Waals surface area contributed by atoms with Gasteiger partial charge in [-0.1, -0.05) is 6.07 Å². The Morgan fingerprint density at radius 3 is 2.82 bits per heavy atom. The number of fused-ring (bicyclic) bond motifs is 3. The highest BCUT2D eigenvalue weighted by atomic mass is 16.5. The Kier molecular flexibility index (Phi) is 3.66. The third kappa shape index (κ3) is 2.36. The predicted octanol–water partition coefficient (Wildman–Crippen LogP) is 2.31. The predicted molar refractivity (Wildman–Crippen MR) is 82.1 cm³/mol. The summed E-state index contributed by atoms with van der Waals surface area (Å²) in [5.41, 5.74) is 1.69. The zero-order chi connectivity index (χ0) is 15.7. The van der Waals surface area contributed by atoms with Crippen molar-refractivity contribution in [3.05, 3.63) is 35.8 Å². The fourth-order valence-corrected chi connectivity index (χ4v) is 2.59. The number of methoxy groups -OCH3 is 1. The summed E-state index contributed by atoms with van der Waals surface area (Å²) in [6.45, 7) is 4.11. The average molecular weight is 299 g/mol. The van der Waals surface area contributed by atoms with Crippen molar-refractivity contribution in [2.45, 2.75) is 20.3 Å². The Labute approximate surface area is 127 Å². The van der Waals surface area contributed by atoms with Crippen LogP contribution in [0.3, 0.4) is 0 Å². The third-order valence-corrected chi connectivity index (χ3v) is 3.56. The number of ether oxygens (including phenoxy) is 2. The molecule has 0 fully saturated rings. The molecule has 0 aliphatic heterocycles. The number of hydrogen-bond acceptors (Lipinski definition) is 5. The van der Waals surface area contributed by atoms with Crippen molar-refractivity contribution >= 4 is 22.4 Å². The number of aryl methyl sites for hydroxylation is 1. The number of pyridine rings is 1. The largest absolute Gasteiger partial charge is 0.497 e. The summed E-state index contributed by atoms with van der Waals surface area (Å²) in [6.07, 6.45) is 0.103. The Balaban J connectivity index is 2.18. The molecule has 2 aromatic heterocycles. The lowest BCUT2D eigenvalue weighted by Crippen LogP contribution is -2.11. The fourth-order valence-electron chi connectivity index (χ4n) is 2.59. The van der Waals surface area contributed by atoms with Crippen molar-refractivity contribution in [1.29, 1.82) is 0 Å². The number of carbonyl (C=O) groups excluding carboxylic acids is 1. The van der Waals surface area contributed by atoms with Crippen LogP contribution in [0, 0.1) is 6.92 Å². The van der Waals surface area contributed by atoms with E-state index < -0.39 is 0 Å². The molecule has 6 nitrogen and oxygen atoms in total. The smallest absolute Gasteiger partial charge is 0.313 e. The van der Waals surface area contributed by atoms with Gasteiger partial charge in [-0.3, -0.25) is 9.20 Å². The highest BCUT2D eigenvalue weighted by Gasteiger charge is 2.15. The lowest BCUT2D eigenvalue weighted by atomic mass is 10.1. The zero-order valence-electron chi connectivity index (χ0n) is 12.8. The number of benzene rings is 1. The van der Waals surface area contributed by atoms with E-state index in [1.165, 1.54) is 0 Å². The van der Waals surface area contributed by atoms with E-state index in [1.54, 1.807) is 14.0 Å². The van der Waals surface area contributed by atoms with E-state index in [2.05, 4.69) is 10.2 Å². The second-order valence-corrected chi connectivity index (χ2v) is 5.00. The van der Waals surface area contributed by atoms with Crippen LogP contribution in [0.15, 0.2) is 24.3 Å². The molecule has 0 bridgehead atoms. The average Bonchev–Trinajstić information content (AvgIpc) is 2.92. The van der Waals surface area contributed by atoms with E-state index >= 15 is 0 Å². The summed E-state index contributed by atoms with van der Waals surface area (Å²) >= 11 is 0. The molecule has 3 aromatic rings. The van der Waals surface area contributed by atoms with E-state index in [-0.39, 0.29) is 12.4 Å². The summed E-state index contributed by atoms with van der Waals surface area (Å²) in [5.74, 6) is 1.03. The van der Waals surface area contributed by atoms with E-state index in [0.717, 1.165) is 22.2 Å². The second-order valence-electron chi connectivity index (χ2n) is 5.00. The molecule has 0 unspecified atom stereocenters. The van der Waals surface area contributed by atoms with Crippen LogP contribution in [0.1, 0.15) is 18.4 Å². The van der Waals surface area contributed by atoms with Gasteiger partial charge < -0.3 is 9.47 Å². The van der Waals surface area contributed by atoms with E-state index in [1.807, 2.05) is 35.6 Å². The van der Waals surface area contributed by atoms with Gasteiger partial charge in [0.05, 0.1) is 13.7 Å². The maximum atomic E-state index is 11.7. The van der Waals surface area contributed by atoms with Crippen molar-refractivity contribution in [3.63, 3.8) is 0 Å². The quantitative estimate of drug-likeness (QED) is 0.692. The Bertz CT molecular complexity index is 855. The number of carbonyl (C=O) groups is 1. The van der Waals surface area contributed by atoms with Crippen LogP contribution >= 0.6 is 0 Å². The molecule has 0 atom stereocenters. The normalized spacial score (nSPS) is 11.0. The molecule has 114 valence electrons. The maximum Gasteiger partial charge on any atom is 0.313 e. The Hall–Kier alpha value is -2.63. The fraction of sp³-hybridized carbons (Fsp3) is 0.312. The highest BCUT2D eigenvalue weighted by Crippen LogP contribution is 2.26. The molecule has 0 aliphatic carbocycles. The molecule has 22 heavy (non-hydrogen) atoms. The summed E-state index contributed by atoms with van der Waals surface area (Å²) in [5, 5.41) is 10.4. The first-order chi connectivity index (χ1) is 10.6. The van der Waals surface area contributed by atoms with E-state index in [0.29, 0.717) is 18.1 Å². The topological polar surface area (TPSA) is 65.7 Å². The minimum atomic E-state index is -0.304. The van der Waals surface area contributed by atoms with Crippen molar-refractivity contribution in [2.24, 2.45) is 0 Å². The first-order valence-corrected chi connectivity index (χ1v) is 7.11. The molecular weight excluding hydrogens is 282 g/mol. The molecular formula is C16H17N3O3. The molecule has 2 heterocycles. The highest BCUT2D eigenvalue weighted by molar-refractivity contribution is 5.95. The van der Waals surface area contributed by atoms with Crippen molar-refractivity contribution in [1.82, 2.24) is 14.6 Å². The van der Waals surface area contributed by atoms with Crippen molar-refractivity contribution in [2.75, 3.05) is 13.7 Å². The molecule has 0 spiro atoms. The molecule has 0 radical (unpaired) electrons. The molecule has 0 amide bonds. The van der Waals surface area contributed by atoms with Crippen LogP contribution in [0.4, 0.5) is 0 Å². The van der Waals surface area contributed by atoms with Crippen molar-refractivity contribution < 1.29 is 14.3 Å². The van der Waals surface area contributed by atoms with Gasteiger partial charge in [0.2, 0.25) is 0 Å². The first-order valence-electron chi connectivity index (χ1n) is 7.11. The van der Waals surface area contributed by atoms with E-state index in [9.17, 15) is 4.79 Å². The van der Waals surface area contributed by atoms with Gasteiger partial charge in [0, 0.05) is 11.1 Å². The van der Waals surface area contributed by atoms with Crippen LogP contribution < -0.4 is 4.74 Å². The third-order valence-electron chi connectivity index (χ3n) is 3.56. The lowest BCUT2D eigenvalue weighted by Gasteiger charge is -2.08. The molecule has 1 aromatic carbocycles. The van der Waals surface area contributed by atoms with Crippen LogP contribution in [-0.2, 0) is 16.0 Å². The number of hydrogen-bond donors (Lipinski definition) is 0. The van der Waals surface area contributed by atoms with Crippen molar-refractivity contribution in [3.8, 4) is 5.75 Å². The minimum Gasteiger partial charge on any atom is -0.497 e. The molecule has 0 N–H and O–H groups in total. The van der Waals surface area contributed by atoms with E-state index in [4.69, 9.17) is 9.47 Å². The minimum absolute atomic E-state index is 0.103. The van der Waals surface area contributed by atoms with Crippen LogP contribution in [0.25, 0.3) is 16.4 Å². The van der Waals surface area contributed by atoms with Gasteiger partial charge in [0.15, 0.2) is 5.65 Å². The molecule has 3 rings (SSSR count). The van der Waals surface area contributed by atoms with Gasteiger partial charge in [-0.15, -0.1) is 10.2 Å². The number of nitrogens with zero attached hydrogens (tertiary/aromatic N) is 3. The Morgan fingerprint density at radius 2 is 2.09 bits per heavy atom. The summed E-state index contributed by atoms with van der Waals surface area (Å²) in [4.78, 5) is 11.7. The van der Waals surface area contributed by atoms with Gasteiger partial charge in [-0.2, -0.15) is 0 Å². The van der Waals surface area contributed by atoms with Crippen LogP contribution in [-0.4, -0.2) is 34.3 Å². The van der Waals surface area contributed by atoms with Gasteiger partial charge in [0.1, 0.15) is 18.0 Å². The summed E-state index contributed by atoms with van der Waals surface area (Å²) < 4.78 is 12.1. The molecule has 6 heteroatoms. The number of aromatic nitrogens is 3. The SMILES string of the molecule is CCOC(=O)Cc1nnc2c3cc(OC)ccc3cc(C)n12. The van der Waals surface area contributed by atoms with Crippen LogP contribution in [0.5, 0.6) is 5.75 Å². The lowest BCUT2D eigenvalue weighted by molar-refractivity contribution is -0.142. The number of esters is 1. The molecule has 0 aliphatic rings. The molecule has 0 saturated carbocycles.